The summed E-state index contributed by atoms with van der Waals surface area (Å²) < 4.78 is 40.3. The van der Waals surface area contributed by atoms with Crippen LogP contribution in [0.1, 0.15) is 22.6 Å². The van der Waals surface area contributed by atoms with Crippen LogP contribution in [-0.2, 0) is 10.1 Å². The molecule has 0 spiro atoms. The van der Waals surface area contributed by atoms with Crippen LogP contribution in [0.2, 0.25) is 10.0 Å². The summed E-state index contributed by atoms with van der Waals surface area (Å²) in [7, 11) is -4.43. The molecular formula is C23H14Cl2O4S. The van der Waals surface area contributed by atoms with Crippen molar-refractivity contribution in [1.82, 2.24) is 0 Å². The van der Waals surface area contributed by atoms with E-state index in [0.717, 1.165) is 16.7 Å². The van der Waals surface area contributed by atoms with Crippen LogP contribution in [0.25, 0.3) is 10.8 Å². The van der Waals surface area contributed by atoms with Gasteiger partial charge in [-0.15, -0.1) is 0 Å². The predicted octanol–water partition coefficient (Wildman–Crippen LogP) is 6.68. The van der Waals surface area contributed by atoms with Gasteiger partial charge in [-0.2, -0.15) is 8.42 Å². The van der Waals surface area contributed by atoms with Crippen molar-refractivity contribution < 1.29 is 17.7 Å². The molecule has 4 aromatic carbocycles. The molecule has 1 aliphatic heterocycles. The van der Waals surface area contributed by atoms with Crippen molar-refractivity contribution in [1.29, 1.82) is 0 Å². The molecule has 30 heavy (non-hydrogen) atoms. The van der Waals surface area contributed by atoms with Gasteiger partial charge in [0.2, 0.25) is 0 Å². The van der Waals surface area contributed by atoms with Crippen LogP contribution in [0.4, 0.5) is 0 Å². The van der Waals surface area contributed by atoms with Crippen molar-refractivity contribution in [3.8, 4) is 11.5 Å². The SMILES string of the molecule is O=S(=O)(O)c1cccc2cccc(C3c4ccc(Cl)cc4Oc4cc(Cl)ccc43)c12. The molecule has 1 N–H and O–H groups in total. The lowest BCUT2D eigenvalue weighted by Gasteiger charge is -2.30. The maximum atomic E-state index is 12.2. The van der Waals surface area contributed by atoms with E-state index in [1.165, 1.54) is 6.07 Å². The third kappa shape index (κ3) is 3.15. The first-order valence-electron chi connectivity index (χ1n) is 9.09. The Bertz CT molecular complexity index is 1370. The molecule has 1 aliphatic rings. The van der Waals surface area contributed by atoms with Gasteiger partial charge in [0.15, 0.2) is 0 Å². The average Bonchev–Trinajstić information content (AvgIpc) is 2.70. The predicted molar refractivity (Wildman–Crippen MR) is 118 cm³/mol. The normalized spacial score (nSPS) is 13.6. The van der Waals surface area contributed by atoms with Gasteiger partial charge in [-0.1, -0.05) is 65.7 Å². The van der Waals surface area contributed by atoms with Crippen LogP contribution < -0.4 is 4.74 Å². The summed E-state index contributed by atoms with van der Waals surface area (Å²) in [5.74, 6) is 0.803. The molecule has 0 atom stereocenters. The van der Waals surface area contributed by atoms with Crippen molar-refractivity contribution in [2.24, 2.45) is 0 Å². The highest BCUT2D eigenvalue weighted by Crippen LogP contribution is 2.50. The smallest absolute Gasteiger partial charge is 0.295 e. The summed E-state index contributed by atoms with van der Waals surface area (Å²) >= 11 is 12.4. The van der Waals surface area contributed by atoms with E-state index in [-0.39, 0.29) is 10.8 Å². The number of hydrogen-bond donors (Lipinski definition) is 1. The van der Waals surface area contributed by atoms with Gasteiger partial charge in [0.1, 0.15) is 16.4 Å². The molecule has 150 valence electrons. The molecule has 7 heteroatoms. The Morgan fingerprint density at radius 1 is 0.767 bits per heavy atom. The summed E-state index contributed by atoms with van der Waals surface area (Å²) in [5, 5.41) is 2.22. The molecule has 5 rings (SSSR count). The van der Waals surface area contributed by atoms with Gasteiger partial charge in [0.25, 0.3) is 10.1 Å². The fraction of sp³-hybridized carbons (Fsp3) is 0.0435. The van der Waals surface area contributed by atoms with Crippen molar-refractivity contribution in [3.05, 3.63) is 99.5 Å². The highest BCUT2D eigenvalue weighted by Gasteiger charge is 2.31. The van der Waals surface area contributed by atoms with Crippen LogP contribution in [0, 0.1) is 0 Å². The van der Waals surface area contributed by atoms with Crippen LogP contribution in [0.15, 0.2) is 77.7 Å². The van der Waals surface area contributed by atoms with E-state index < -0.39 is 10.1 Å². The average molecular weight is 457 g/mol. The number of benzene rings is 4. The fourth-order valence-electron chi connectivity index (χ4n) is 4.08. The first-order valence-corrected chi connectivity index (χ1v) is 11.3. The van der Waals surface area contributed by atoms with Crippen molar-refractivity contribution >= 4 is 44.1 Å². The minimum Gasteiger partial charge on any atom is -0.457 e. The van der Waals surface area contributed by atoms with Gasteiger partial charge in [-0.05, 0) is 41.3 Å². The van der Waals surface area contributed by atoms with Crippen LogP contribution in [-0.4, -0.2) is 13.0 Å². The quantitative estimate of drug-likeness (QED) is 0.301. The van der Waals surface area contributed by atoms with E-state index in [9.17, 15) is 13.0 Å². The van der Waals surface area contributed by atoms with Crippen molar-refractivity contribution in [2.45, 2.75) is 10.8 Å². The Balaban J connectivity index is 1.89. The standard InChI is InChI=1S/C23H14Cl2O4S/c24-14-7-9-16-19(11-14)29-20-12-15(25)8-10-17(20)23(16)18-5-1-3-13-4-2-6-21(22(13)18)30(26,27)28/h1-12,23H,(H,26,27,28). The Kier molecular flexibility index (Phi) is 4.52. The molecule has 0 aliphatic carbocycles. The first kappa shape index (κ1) is 19.4. The Hall–Kier alpha value is -2.57. The molecule has 0 bridgehead atoms. The second-order valence-corrected chi connectivity index (χ2v) is 9.34. The minimum atomic E-state index is -4.43. The number of ether oxygens (including phenoxy) is 1. The number of halogens is 2. The summed E-state index contributed by atoms with van der Waals surface area (Å²) in [6, 6.07) is 21.1. The summed E-state index contributed by atoms with van der Waals surface area (Å²) in [5.41, 5.74) is 2.41. The maximum Gasteiger partial charge on any atom is 0.295 e. The molecule has 1 heterocycles. The molecule has 0 saturated heterocycles. The van der Waals surface area contributed by atoms with Crippen LogP contribution in [0.3, 0.4) is 0 Å². The van der Waals surface area contributed by atoms with Gasteiger partial charge in [0.05, 0.1) is 0 Å². The highest BCUT2D eigenvalue weighted by atomic mass is 35.5. The maximum absolute atomic E-state index is 12.2. The lowest BCUT2D eigenvalue weighted by Crippen LogP contribution is -2.13. The molecule has 0 radical (unpaired) electrons. The summed E-state index contributed by atoms with van der Waals surface area (Å²) in [6.45, 7) is 0. The zero-order valence-electron chi connectivity index (χ0n) is 15.3. The minimum absolute atomic E-state index is 0.131. The number of rotatable bonds is 2. The largest absolute Gasteiger partial charge is 0.457 e. The zero-order valence-corrected chi connectivity index (χ0v) is 17.7. The first-order chi connectivity index (χ1) is 14.3. The third-order valence-corrected chi connectivity index (χ3v) is 6.65. The van der Waals surface area contributed by atoms with Crippen molar-refractivity contribution in [3.63, 3.8) is 0 Å². The molecule has 4 nitrogen and oxygen atoms in total. The molecule has 0 amide bonds. The fourth-order valence-corrected chi connectivity index (χ4v) is 5.15. The van der Waals surface area contributed by atoms with Gasteiger partial charge in [-0.25, -0.2) is 0 Å². The van der Waals surface area contributed by atoms with Gasteiger partial charge < -0.3 is 4.74 Å². The number of hydrogen-bond acceptors (Lipinski definition) is 3. The Labute approximate surface area is 183 Å². The topological polar surface area (TPSA) is 63.6 Å². The van der Waals surface area contributed by atoms with Gasteiger partial charge in [-0.3, -0.25) is 4.55 Å². The lowest BCUT2D eigenvalue weighted by atomic mass is 9.80. The van der Waals surface area contributed by atoms with E-state index in [1.807, 2.05) is 36.4 Å². The van der Waals surface area contributed by atoms with Crippen LogP contribution >= 0.6 is 23.2 Å². The molecule has 0 aromatic heterocycles. The second kappa shape index (κ2) is 7.00. The molecule has 4 aromatic rings. The van der Waals surface area contributed by atoms with E-state index in [4.69, 9.17) is 27.9 Å². The van der Waals surface area contributed by atoms with Crippen LogP contribution in [0.5, 0.6) is 11.5 Å². The van der Waals surface area contributed by atoms with E-state index >= 15 is 0 Å². The third-order valence-electron chi connectivity index (χ3n) is 5.28. The Morgan fingerprint density at radius 2 is 1.33 bits per heavy atom. The zero-order chi connectivity index (χ0) is 21.0. The highest BCUT2D eigenvalue weighted by molar-refractivity contribution is 7.86. The van der Waals surface area contributed by atoms with E-state index in [0.29, 0.717) is 32.3 Å². The Morgan fingerprint density at radius 3 is 1.90 bits per heavy atom. The van der Waals surface area contributed by atoms with Gasteiger partial charge >= 0.3 is 0 Å². The summed E-state index contributed by atoms with van der Waals surface area (Å²) in [6.07, 6.45) is 0. The van der Waals surface area contributed by atoms with E-state index in [2.05, 4.69) is 0 Å². The molecular weight excluding hydrogens is 443 g/mol. The van der Waals surface area contributed by atoms with Crippen molar-refractivity contribution in [2.75, 3.05) is 0 Å². The molecule has 0 unspecified atom stereocenters. The van der Waals surface area contributed by atoms with E-state index in [1.54, 1.807) is 30.3 Å². The second-order valence-electron chi connectivity index (χ2n) is 7.08. The number of fused-ring (bicyclic) bond motifs is 3. The molecule has 0 saturated carbocycles. The lowest BCUT2D eigenvalue weighted by molar-refractivity contribution is 0.453. The van der Waals surface area contributed by atoms with Gasteiger partial charge in [0, 0.05) is 32.5 Å². The monoisotopic (exact) mass is 456 g/mol. The summed E-state index contributed by atoms with van der Waals surface area (Å²) in [4.78, 5) is -0.131. The molecule has 0 fully saturated rings.